The van der Waals surface area contributed by atoms with E-state index in [2.05, 4.69) is 9.97 Å². The van der Waals surface area contributed by atoms with Gasteiger partial charge >= 0.3 is 12.2 Å². The molecule has 1 aliphatic heterocycles. The predicted molar refractivity (Wildman–Crippen MR) is 77.1 cm³/mol. The smallest absolute Gasteiger partial charge is 0.416 e. The lowest BCUT2D eigenvalue weighted by atomic mass is 10.0. The first kappa shape index (κ1) is 16.7. The zero-order valence-electron chi connectivity index (χ0n) is 12.6. The van der Waals surface area contributed by atoms with E-state index in [4.69, 9.17) is 14.2 Å². The van der Waals surface area contributed by atoms with Gasteiger partial charge in [0, 0.05) is 18.0 Å². The van der Waals surface area contributed by atoms with E-state index in [9.17, 15) is 13.2 Å². The average Bonchev–Trinajstić information content (AvgIpc) is 2.60. The summed E-state index contributed by atoms with van der Waals surface area (Å²) < 4.78 is 55.7. The fourth-order valence-corrected chi connectivity index (χ4v) is 2.33. The highest BCUT2D eigenvalue weighted by Crippen LogP contribution is 2.37. The van der Waals surface area contributed by atoms with Gasteiger partial charge in [0.1, 0.15) is 6.61 Å². The molecule has 1 aromatic carbocycles. The van der Waals surface area contributed by atoms with Crippen molar-refractivity contribution in [1.29, 1.82) is 0 Å². The maximum Gasteiger partial charge on any atom is 0.416 e. The summed E-state index contributed by atoms with van der Waals surface area (Å²) in [5.41, 5.74) is -0.269. The Morgan fingerprint density at radius 3 is 2.50 bits per heavy atom. The molecule has 1 saturated heterocycles. The first-order chi connectivity index (χ1) is 11.5. The molecule has 1 fully saturated rings. The lowest BCUT2D eigenvalue weighted by molar-refractivity contribution is -0.189. The van der Waals surface area contributed by atoms with Gasteiger partial charge in [-0.05, 0) is 30.2 Å². The van der Waals surface area contributed by atoms with Crippen molar-refractivity contribution >= 4 is 0 Å². The van der Waals surface area contributed by atoms with E-state index in [-0.39, 0.29) is 18.2 Å². The highest BCUT2D eigenvalue weighted by molar-refractivity contribution is 5.35. The fourth-order valence-electron chi connectivity index (χ4n) is 2.33. The zero-order valence-corrected chi connectivity index (χ0v) is 12.6. The van der Waals surface area contributed by atoms with Crippen LogP contribution in [0.3, 0.4) is 0 Å². The Kier molecular flexibility index (Phi) is 4.96. The van der Waals surface area contributed by atoms with Crippen LogP contribution in [0.5, 0.6) is 6.01 Å². The zero-order chi connectivity index (χ0) is 17.0. The second-order valence-corrected chi connectivity index (χ2v) is 5.17. The molecule has 1 aliphatic rings. The molecule has 0 N–H and O–H groups in total. The SMILES string of the molecule is FC(F)(F)c1ccc(COc2ncccn2)cc1C1OCCCO1. The summed E-state index contributed by atoms with van der Waals surface area (Å²) in [6.07, 6.45) is -1.81. The molecule has 0 atom stereocenters. The maximum atomic E-state index is 13.2. The standard InChI is InChI=1S/C16H15F3N2O3/c17-16(18,19)13-4-3-11(10-24-15-20-5-1-6-21-15)9-12(13)14-22-7-2-8-23-14/h1,3-6,9,14H,2,7-8,10H2. The monoisotopic (exact) mass is 340 g/mol. The summed E-state index contributed by atoms with van der Waals surface area (Å²) >= 11 is 0. The molecule has 1 aromatic heterocycles. The summed E-state index contributed by atoms with van der Waals surface area (Å²) in [5, 5.41) is 0. The van der Waals surface area contributed by atoms with Gasteiger partial charge in [-0.25, -0.2) is 9.97 Å². The number of hydrogen-bond acceptors (Lipinski definition) is 5. The van der Waals surface area contributed by atoms with Crippen LogP contribution in [0.15, 0.2) is 36.7 Å². The van der Waals surface area contributed by atoms with Crippen LogP contribution >= 0.6 is 0 Å². The summed E-state index contributed by atoms with van der Waals surface area (Å²) in [6, 6.07) is 5.56. The van der Waals surface area contributed by atoms with Crippen molar-refractivity contribution in [2.24, 2.45) is 0 Å². The number of nitrogens with zero attached hydrogens (tertiary/aromatic N) is 2. The summed E-state index contributed by atoms with van der Waals surface area (Å²) in [4.78, 5) is 7.80. The van der Waals surface area contributed by atoms with Crippen LogP contribution in [-0.4, -0.2) is 23.2 Å². The van der Waals surface area contributed by atoms with Crippen molar-refractivity contribution in [2.45, 2.75) is 25.5 Å². The second kappa shape index (κ2) is 7.14. The molecule has 2 aromatic rings. The van der Waals surface area contributed by atoms with E-state index in [0.717, 1.165) is 6.07 Å². The minimum absolute atomic E-state index is 0.0435. The highest BCUT2D eigenvalue weighted by atomic mass is 19.4. The van der Waals surface area contributed by atoms with Crippen molar-refractivity contribution < 1.29 is 27.4 Å². The van der Waals surface area contributed by atoms with Crippen molar-refractivity contribution in [2.75, 3.05) is 13.2 Å². The number of alkyl halides is 3. The molecule has 128 valence electrons. The molecule has 2 heterocycles. The van der Waals surface area contributed by atoms with Crippen LogP contribution in [0.4, 0.5) is 13.2 Å². The third-order valence-electron chi connectivity index (χ3n) is 3.41. The Labute approximate surface area is 136 Å². The van der Waals surface area contributed by atoms with Crippen molar-refractivity contribution in [3.8, 4) is 6.01 Å². The Hall–Kier alpha value is -2.19. The first-order valence-corrected chi connectivity index (χ1v) is 7.37. The average molecular weight is 340 g/mol. The summed E-state index contributed by atoms with van der Waals surface area (Å²) in [7, 11) is 0. The Bertz CT molecular complexity index is 674. The number of ether oxygens (including phenoxy) is 3. The van der Waals surface area contributed by atoms with E-state index in [1.807, 2.05) is 0 Å². The van der Waals surface area contributed by atoms with Crippen LogP contribution < -0.4 is 4.74 Å². The molecule has 0 radical (unpaired) electrons. The van der Waals surface area contributed by atoms with Gasteiger partial charge in [0.05, 0.1) is 18.8 Å². The lowest BCUT2D eigenvalue weighted by Gasteiger charge is -2.26. The van der Waals surface area contributed by atoms with E-state index < -0.39 is 18.0 Å². The van der Waals surface area contributed by atoms with E-state index in [1.165, 1.54) is 24.5 Å². The molecule has 0 bridgehead atoms. The van der Waals surface area contributed by atoms with Crippen LogP contribution in [0.25, 0.3) is 0 Å². The van der Waals surface area contributed by atoms with E-state index >= 15 is 0 Å². The number of aromatic nitrogens is 2. The molecular formula is C16H15F3N2O3. The lowest BCUT2D eigenvalue weighted by Crippen LogP contribution is -2.21. The van der Waals surface area contributed by atoms with Crippen LogP contribution in [0.2, 0.25) is 0 Å². The Balaban J connectivity index is 1.83. The molecule has 0 spiro atoms. The van der Waals surface area contributed by atoms with Gasteiger partial charge in [0.25, 0.3) is 0 Å². The van der Waals surface area contributed by atoms with Crippen LogP contribution in [-0.2, 0) is 22.3 Å². The third-order valence-corrected chi connectivity index (χ3v) is 3.41. The van der Waals surface area contributed by atoms with Crippen molar-refractivity contribution in [3.05, 3.63) is 53.3 Å². The summed E-state index contributed by atoms with van der Waals surface area (Å²) in [5.74, 6) is 0. The molecule has 0 amide bonds. The van der Waals surface area contributed by atoms with Gasteiger partial charge in [0.15, 0.2) is 6.29 Å². The number of rotatable bonds is 4. The van der Waals surface area contributed by atoms with Gasteiger partial charge in [-0.1, -0.05) is 6.07 Å². The first-order valence-electron chi connectivity index (χ1n) is 7.37. The van der Waals surface area contributed by atoms with Gasteiger partial charge in [-0.3, -0.25) is 0 Å². The molecule has 3 rings (SSSR count). The minimum atomic E-state index is -4.48. The maximum absolute atomic E-state index is 13.2. The number of benzene rings is 1. The second-order valence-electron chi connectivity index (χ2n) is 5.17. The highest BCUT2D eigenvalue weighted by Gasteiger charge is 2.36. The molecule has 0 saturated carbocycles. The molecule has 8 heteroatoms. The number of hydrogen-bond donors (Lipinski definition) is 0. The van der Waals surface area contributed by atoms with Crippen LogP contribution in [0, 0.1) is 0 Å². The Morgan fingerprint density at radius 1 is 1.12 bits per heavy atom. The largest absolute Gasteiger partial charge is 0.459 e. The van der Waals surface area contributed by atoms with Gasteiger partial charge < -0.3 is 14.2 Å². The molecule has 24 heavy (non-hydrogen) atoms. The van der Waals surface area contributed by atoms with Crippen molar-refractivity contribution in [3.63, 3.8) is 0 Å². The van der Waals surface area contributed by atoms with Gasteiger partial charge in [0.2, 0.25) is 0 Å². The minimum Gasteiger partial charge on any atom is -0.459 e. The van der Waals surface area contributed by atoms with Crippen molar-refractivity contribution in [1.82, 2.24) is 9.97 Å². The fraction of sp³-hybridized carbons (Fsp3) is 0.375. The number of halogens is 3. The van der Waals surface area contributed by atoms with Crippen LogP contribution in [0.1, 0.15) is 29.4 Å². The topological polar surface area (TPSA) is 53.5 Å². The quantitative estimate of drug-likeness (QED) is 0.852. The van der Waals surface area contributed by atoms with E-state index in [0.29, 0.717) is 25.2 Å². The van der Waals surface area contributed by atoms with Gasteiger partial charge in [-0.15, -0.1) is 0 Å². The van der Waals surface area contributed by atoms with Gasteiger partial charge in [-0.2, -0.15) is 13.2 Å². The molecule has 5 nitrogen and oxygen atoms in total. The Morgan fingerprint density at radius 2 is 1.83 bits per heavy atom. The predicted octanol–water partition coefficient (Wildman–Crippen LogP) is 3.51. The molecular weight excluding hydrogens is 325 g/mol. The summed E-state index contributed by atoms with van der Waals surface area (Å²) in [6.45, 7) is 0.767. The normalized spacial score (nSPS) is 16.1. The molecule has 0 aliphatic carbocycles. The van der Waals surface area contributed by atoms with E-state index in [1.54, 1.807) is 6.07 Å². The molecule has 0 unspecified atom stereocenters. The third kappa shape index (κ3) is 4.01.